The van der Waals surface area contributed by atoms with E-state index in [2.05, 4.69) is 4.98 Å². The van der Waals surface area contributed by atoms with Gasteiger partial charge in [-0.2, -0.15) is 0 Å². The second-order valence-electron chi connectivity index (χ2n) is 7.72. The predicted octanol–water partition coefficient (Wildman–Crippen LogP) is 3.62. The van der Waals surface area contributed by atoms with Crippen LogP contribution in [0.3, 0.4) is 0 Å². The molecular formula is C21H27N3O3S. The van der Waals surface area contributed by atoms with Gasteiger partial charge in [0.15, 0.2) is 11.6 Å². The van der Waals surface area contributed by atoms with Crippen molar-refractivity contribution >= 4 is 23.2 Å². The lowest BCUT2D eigenvalue weighted by molar-refractivity contribution is -0.131. The van der Waals surface area contributed by atoms with Crippen LogP contribution in [0.4, 0.5) is 0 Å². The first kappa shape index (κ1) is 19.2. The minimum absolute atomic E-state index is 0.00392. The Bertz CT molecular complexity index is 816. The molecule has 2 aromatic heterocycles. The van der Waals surface area contributed by atoms with E-state index >= 15 is 0 Å². The number of thiophene rings is 1. The second-order valence-corrected chi connectivity index (χ2v) is 8.75. The fourth-order valence-electron chi connectivity index (χ4n) is 4.09. The molecule has 2 saturated heterocycles. The summed E-state index contributed by atoms with van der Waals surface area (Å²) in [5, 5.41) is 2.00. The van der Waals surface area contributed by atoms with Crippen LogP contribution in [0.2, 0.25) is 0 Å². The third-order valence-electron chi connectivity index (χ3n) is 5.76. The lowest BCUT2D eigenvalue weighted by atomic mass is 9.96. The summed E-state index contributed by atoms with van der Waals surface area (Å²) in [6, 6.07) is 3.99. The van der Waals surface area contributed by atoms with Crippen molar-refractivity contribution in [1.29, 1.82) is 0 Å². The van der Waals surface area contributed by atoms with E-state index in [0.29, 0.717) is 36.9 Å². The molecule has 2 aliphatic rings. The van der Waals surface area contributed by atoms with Crippen LogP contribution in [-0.2, 0) is 11.2 Å². The van der Waals surface area contributed by atoms with Crippen LogP contribution in [0.15, 0.2) is 21.9 Å². The standard InChI is InChI=1S/C21H27N3O3S/c1-15-19(21(26)24-9-3-2-4-10-24)22-20(27-15)16-7-11-23(12-8-16)18(25)14-17-6-5-13-28-17/h5-6,13,16H,2-4,7-12,14H2,1H3. The maximum Gasteiger partial charge on any atom is 0.276 e. The molecule has 0 bridgehead atoms. The Morgan fingerprint density at radius 1 is 1.14 bits per heavy atom. The number of carbonyl (C=O) groups is 2. The molecule has 0 saturated carbocycles. The predicted molar refractivity (Wildman–Crippen MR) is 108 cm³/mol. The second kappa shape index (κ2) is 8.47. The van der Waals surface area contributed by atoms with Gasteiger partial charge >= 0.3 is 0 Å². The molecule has 0 aromatic carbocycles. The number of amides is 2. The summed E-state index contributed by atoms with van der Waals surface area (Å²) < 4.78 is 5.89. The minimum atomic E-state index is -0.00392. The van der Waals surface area contributed by atoms with Gasteiger partial charge in [0.05, 0.1) is 6.42 Å². The number of piperidine rings is 2. The van der Waals surface area contributed by atoms with E-state index < -0.39 is 0 Å². The van der Waals surface area contributed by atoms with Crippen LogP contribution in [0.5, 0.6) is 0 Å². The number of likely N-dealkylation sites (tertiary alicyclic amines) is 2. The molecular weight excluding hydrogens is 374 g/mol. The van der Waals surface area contributed by atoms with E-state index in [1.54, 1.807) is 11.3 Å². The largest absolute Gasteiger partial charge is 0.445 e. The number of aromatic nitrogens is 1. The molecule has 2 aromatic rings. The summed E-state index contributed by atoms with van der Waals surface area (Å²) >= 11 is 1.62. The zero-order valence-electron chi connectivity index (χ0n) is 16.4. The Hall–Kier alpha value is -2.15. The first-order valence-corrected chi connectivity index (χ1v) is 11.1. The number of nitrogens with zero attached hydrogens (tertiary/aromatic N) is 3. The fourth-order valence-corrected chi connectivity index (χ4v) is 4.78. The third-order valence-corrected chi connectivity index (χ3v) is 6.64. The van der Waals surface area contributed by atoms with Crippen LogP contribution in [-0.4, -0.2) is 52.8 Å². The van der Waals surface area contributed by atoms with Crippen molar-refractivity contribution in [3.8, 4) is 0 Å². The number of rotatable bonds is 4. The molecule has 0 atom stereocenters. The summed E-state index contributed by atoms with van der Waals surface area (Å²) in [6.45, 7) is 4.88. The third kappa shape index (κ3) is 4.14. The van der Waals surface area contributed by atoms with Gasteiger partial charge in [-0.05, 0) is 50.5 Å². The normalized spacial score (nSPS) is 18.5. The van der Waals surface area contributed by atoms with E-state index in [9.17, 15) is 9.59 Å². The molecule has 28 heavy (non-hydrogen) atoms. The maximum absolute atomic E-state index is 12.8. The smallest absolute Gasteiger partial charge is 0.276 e. The molecule has 150 valence electrons. The maximum atomic E-state index is 12.8. The Labute approximate surface area is 169 Å². The Morgan fingerprint density at radius 3 is 2.57 bits per heavy atom. The number of aryl methyl sites for hydroxylation is 1. The number of hydrogen-bond acceptors (Lipinski definition) is 5. The van der Waals surface area contributed by atoms with Gasteiger partial charge in [-0.25, -0.2) is 4.98 Å². The van der Waals surface area contributed by atoms with Crippen LogP contribution in [0.1, 0.15) is 65.0 Å². The molecule has 0 N–H and O–H groups in total. The van der Waals surface area contributed by atoms with Crippen LogP contribution in [0, 0.1) is 6.92 Å². The molecule has 2 aliphatic heterocycles. The first-order chi connectivity index (χ1) is 13.6. The summed E-state index contributed by atoms with van der Waals surface area (Å²) in [5.74, 6) is 1.62. The lowest BCUT2D eigenvalue weighted by Crippen LogP contribution is -2.38. The number of hydrogen-bond donors (Lipinski definition) is 0. The van der Waals surface area contributed by atoms with Gasteiger partial charge in [0.25, 0.3) is 5.91 Å². The van der Waals surface area contributed by atoms with Crippen LogP contribution < -0.4 is 0 Å². The number of carbonyl (C=O) groups excluding carboxylic acids is 2. The van der Waals surface area contributed by atoms with Gasteiger partial charge in [0.2, 0.25) is 5.91 Å². The zero-order chi connectivity index (χ0) is 19.5. The van der Waals surface area contributed by atoms with Gasteiger partial charge in [0.1, 0.15) is 5.76 Å². The average Bonchev–Trinajstić information content (AvgIpc) is 3.38. The quantitative estimate of drug-likeness (QED) is 0.785. The van der Waals surface area contributed by atoms with Crippen molar-refractivity contribution in [3.63, 3.8) is 0 Å². The van der Waals surface area contributed by atoms with Crippen LogP contribution in [0.25, 0.3) is 0 Å². The van der Waals surface area contributed by atoms with E-state index in [0.717, 1.165) is 43.6 Å². The van der Waals surface area contributed by atoms with Gasteiger partial charge in [-0.1, -0.05) is 6.07 Å². The summed E-state index contributed by atoms with van der Waals surface area (Å²) in [6.07, 6.45) is 5.45. The van der Waals surface area contributed by atoms with Gasteiger partial charge in [-0.15, -0.1) is 11.3 Å². The van der Waals surface area contributed by atoms with E-state index in [1.807, 2.05) is 34.2 Å². The SMILES string of the molecule is Cc1oc(C2CCN(C(=O)Cc3cccs3)CC2)nc1C(=O)N1CCCCC1. The molecule has 4 rings (SSSR count). The van der Waals surface area contributed by atoms with Crippen molar-refractivity contribution in [2.45, 2.75) is 51.4 Å². The van der Waals surface area contributed by atoms with Gasteiger partial charge < -0.3 is 14.2 Å². The molecule has 6 nitrogen and oxygen atoms in total. The molecule has 0 unspecified atom stereocenters. The van der Waals surface area contributed by atoms with E-state index in [-0.39, 0.29) is 17.7 Å². The molecule has 2 fully saturated rings. The Kier molecular flexibility index (Phi) is 5.80. The molecule has 4 heterocycles. The van der Waals surface area contributed by atoms with Gasteiger partial charge in [-0.3, -0.25) is 9.59 Å². The van der Waals surface area contributed by atoms with Crippen molar-refractivity contribution in [3.05, 3.63) is 39.7 Å². The molecule has 2 amide bonds. The fraction of sp³-hybridized carbons (Fsp3) is 0.571. The summed E-state index contributed by atoms with van der Waals surface area (Å²) in [7, 11) is 0. The molecule has 7 heteroatoms. The topological polar surface area (TPSA) is 66.7 Å². The highest BCUT2D eigenvalue weighted by atomic mass is 32.1. The van der Waals surface area contributed by atoms with E-state index in [1.165, 1.54) is 6.42 Å². The van der Waals surface area contributed by atoms with Crippen molar-refractivity contribution in [1.82, 2.24) is 14.8 Å². The number of oxazole rings is 1. The van der Waals surface area contributed by atoms with Crippen molar-refractivity contribution in [2.75, 3.05) is 26.2 Å². The molecule has 0 aliphatic carbocycles. The minimum Gasteiger partial charge on any atom is -0.445 e. The summed E-state index contributed by atoms with van der Waals surface area (Å²) in [4.78, 5) is 34.8. The van der Waals surface area contributed by atoms with E-state index in [4.69, 9.17) is 4.42 Å². The average molecular weight is 402 g/mol. The van der Waals surface area contributed by atoms with Crippen LogP contribution >= 0.6 is 11.3 Å². The molecule has 0 radical (unpaired) electrons. The summed E-state index contributed by atoms with van der Waals surface area (Å²) in [5.41, 5.74) is 0.466. The zero-order valence-corrected chi connectivity index (χ0v) is 17.2. The Morgan fingerprint density at radius 2 is 1.89 bits per heavy atom. The highest BCUT2D eigenvalue weighted by Crippen LogP contribution is 2.30. The highest BCUT2D eigenvalue weighted by molar-refractivity contribution is 7.10. The monoisotopic (exact) mass is 401 g/mol. The lowest BCUT2D eigenvalue weighted by Gasteiger charge is -2.30. The van der Waals surface area contributed by atoms with Crippen molar-refractivity contribution < 1.29 is 14.0 Å². The Balaban J connectivity index is 1.35. The van der Waals surface area contributed by atoms with Crippen molar-refractivity contribution in [2.24, 2.45) is 0 Å². The van der Waals surface area contributed by atoms with Gasteiger partial charge in [0, 0.05) is 37.0 Å². The molecule has 0 spiro atoms. The first-order valence-electron chi connectivity index (χ1n) is 10.2. The highest BCUT2D eigenvalue weighted by Gasteiger charge is 2.30.